The predicted octanol–water partition coefficient (Wildman–Crippen LogP) is 12.5. The summed E-state index contributed by atoms with van der Waals surface area (Å²) in [6.45, 7) is 9.79. The molecule has 3 saturated carbocycles. The first-order chi connectivity index (χ1) is 28.4. The van der Waals surface area contributed by atoms with Crippen molar-refractivity contribution >= 4 is 19.9 Å². The Kier molecular flexibility index (Phi) is 9.85. The SMILES string of the molecule is Cc1ccc(S(=O)(=O)[C@@H]2CS2(C)c2ccc(-c3ccc(C4CC5(C)C(CC[C@@]5(C)C(F)(F)C(F)(F)F)C5CC[C@@]6(N=O)CC7(CCC6=C45)OCC(C)(C)CO7)cc3)cc2)cc1. The number of rotatable bonds is 7. The van der Waals surface area contributed by atoms with Gasteiger partial charge in [0.15, 0.2) is 15.6 Å². The second-order valence-corrected chi connectivity index (χ2v) is 26.6. The van der Waals surface area contributed by atoms with Gasteiger partial charge >= 0.3 is 12.1 Å². The van der Waals surface area contributed by atoms with Gasteiger partial charge in [-0.15, -0.1) is 4.91 Å². The Morgan fingerprint density at radius 1 is 0.803 bits per heavy atom. The summed E-state index contributed by atoms with van der Waals surface area (Å²) in [5.74, 6) is -6.47. The van der Waals surface area contributed by atoms with Crippen LogP contribution in [0.5, 0.6) is 0 Å². The van der Waals surface area contributed by atoms with Gasteiger partial charge in [0.2, 0.25) is 0 Å². The number of nitrogens with zero attached hydrogens (tertiary/aromatic N) is 1. The van der Waals surface area contributed by atoms with Gasteiger partial charge in [0.1, 0.15) is 10.1 Å². The third-order valence-corrected chi connectivity index (χ3v) is 23.7. The average molecular weight is 886 g/mol. The van der Waals surface area contributed by atoms with Gasteiger partial charge in [-0.05, 0) is 120 Å². The summed E-state index contributed by atoms with van der Waals surface area (Å²) in [4.78, 5) is 14.6. The molecule has 2 heterocycles. The molecule has 8 atom stereocenters. The van der Waals surface area contributed by atoms with Crippen molar-refractivity contribution < 1.29 is 39.8 Å². The van der Waals surface area contributed by atoms with E-state index in [1.807, 2.05) is 67.6 Å². The van der Waals surface area contributed by atoms with E-state index in [1.54, 1.807) is 19.1 Å². The molecule has 3 aromatic carbocycles. The van der Waals surface area contributed by atoms with Crippen LogP contribution in [0.15, 0.2) is 98.9 Å². The largest absolute Gasteiger partial charge is 0.453 e. The molecular formula is C48H56F5NO5S2. The lowest BCUT2D eigenvalue weighted by molar-refractivity contribution is -0.341. The van der Waals surface area contributed by atoms with Crippen LogP contribution in [0.4, 0.5) is 22.0 Å². The molecule has 6 nitrogen and oxygen atoms in total. The molecule has 330 valence electrons. The van der Waals surface area contributed by atoms with Gasteiger partial charge in [0.05, 0.1) is 18.1 Å². The highest BCUT2D eigenvalue weighted by Gasteiger charge is 2.77. The van der Waals surface area contributed by atoms with Crippen LogP contribution in [0.3, 0.4) is 0 Å². The smallest absolute Gasteiger partial charge is 0.349 e. The third-order valence-electron chi connectivity index (χ3n) is 16.4. The van der Waals surface area contributed by atoms with Crippen molar-refractivity contribution in [2.45, 2.75) is 130 Å². The quantitative estimate of drug-likeness (QED) is 0.102. The Bertz CT molecular complexity index is 2370. The Morgan fingerprint density at radius 2 is 1.41 bits per heavy atom. The molecule has 61 heavy (non-hydrogen) atoms. The number of sulfone groups is 1. The molecule has 0 amide bonds. The molecule has 0 aromatic heterocycles. The number of allylic oxidation sites excluding steroid dienone is 1. The highest BCUT2D eigenvalue weighted by molar-refractivity contribution is 8.45. The Labute approximate surface area is 357 Å². The Morgan fingerprint density at radius 3 is 2.00 bits per heavy atom. The minimum Gasteiger partial charge on any atom is -0.349 e. The van der Waals surface area contributed by atoms with Crippen LogP contribution < -0.4 is 0 Å². The topological polar surface area (TPSA) is 82.0 Å². The third kappa shape index (κ3) is 6.45. The molecule has 5 fully saturated rings. The van der Waals surface area contributed by atoms with Crippen LogP contribution in [-0.4, -0.2) is 61.6 Å². The van der Waals surface area contributed by atoms with Gasteiger partial charge in [-0.3, -0.25) is 0 Å². The highest BCUT2D eigenvalue weighted by atomic mass is 32.3. The van der Waals surface area contributed by atoms with Crippen molar-refractivity contribution in [2.75, 3.05) is 25.2 Å². The van der Waals surface area contributed by atoms with E-state index < -0.39 is 70.5 Å². The van der Waals surface area contributed by atoms with E-state index >= 15 is 8.78 Å². The fourth-order valence-corrected chi connectivity index (χ4v) is 20.0. The van der Waals surface area contributed by atoms with Crippen LogP contribution >= 0.6 is 10.0 Å². The lowest BCUT2D eigenvalue weighted by Gasteiger charge is -2.59. The summed E-state index contributed by atoms with van der Waals surface area (Å²) in [6, 6.07) is 22.8. The van der Waals surface area contributed by atoms with Crippen molar-refractivity contribution in [3.63, 3.8) is 0 Å². The van der Waals surface area contributed by atoms with Crippen LogP contribution in [0, 0.1) is 39.9 Å². The molecule has 13 heteroatoms. The van der Waals surface area contributed by atoms with Crippen molar-refractivity contribution in [1.29, 1.82) is 0 Å². The van der Waals surface area contributed by atoms with E-state index in [2.05, 4.69) is 25.3 Å². The maximum Gasteiger partial charge on any atom is 0.453 e. The maximum absolute atomic E-state index is 15.9. The Balaban J connectivity index is 1.06. The lowest BCUT2D eigenvalue weighted by Crippen LogP contribution is -2.60. The van der Waals surface area contributed by atoms with Gasteiger partial charge in [0.25, 0.3) is 0 Å². The molecule has 0 radical (unpaired) electrons. The molecule has 9 rings (SSSR count). The fraction of sp³-hybridized carbons (Fsp3) is 0.583. The zero-order chi connectivity index (χ0) is 43.8. The van der Waals surface area contributed by atoms with Crippen LogP contribution in [0.2, 0.25) is 0 Å². The standard InChI is InChI=1S/C48H56F5NO5S2/c1-30-7-15-35(16-8-30)61(56,57)40-26-60(40,6)34-17-13-32(14-18-34)31-9-11-33(12-10-31)37-25-43(4)38(20-22-44(43,5)47(49,50)48(51,52)53)36-19-23-45(54-55)27-46(24-21-39(45)41(36)37)58-28-42(2,3)29-59-46/h7-18,36-38,40H,19-29H2,1-6H3/t36?,37?,38?,40-,43?,44-,45-/m1/s1. The van der Waals surface area contributed by atoms with E-state index in [9.17, 15) is 26.5 Å². The number of nitroso groups, excluding NO2 is 1. The zero-order valence-corrected chi connectivity index (χ0v) is 37.3. The summed E-state index contributed by atoms with van der Waals surface area (Å²) >= 11 is 0. The zero-order valence-electron chi connectivity index (χ0n) is 35.7. The first-order valence-electron chi connectivity index (χ1n) is 21.5. The summed E-state index contributed by atoms with van der Waals surface area (Å²) < 4.78 is 114. The van der Waals surface area contributed by atoms with E-state index in [0.29, 0.717) is 49.5 Å². The summed E-state index contributed by atoms with van der Waals surface area (Å²) in [6.07, 6.45) is -1.54. The number of fused-ring (bicyclic) bond motifs is 4. The molecule has 2 saturated heterocycles. The molecular weight excluding hydrogens is 830 g/mol. The first kappa shape index (κ1) is 43.1. The van der Waals surface area contributed by atoms with Crippen molar-refractivity contribution in [2.24, 2.45) is 33.3 Å². The van der Waals surface area contributed by atoms with Gasteiger partial charge in [-0.2, -0.15) is 32.0 Å². The molecule has 5 unspecified atom stereocenters. The number of ether oxygens (including phenoxy) is 2. The number of hydrogen-bond donors (Lipinski definition) is 0. The average Bonchev–Trinajstić information content (AvgIpc) is 3.86. The highest BCUT2D eigenvalue weighted by Crippen LogP contribution is 2.75. The second kappa shape index (κ2) is 13.9. The number of hydrogen-bond acceptors (Lipinski definition) is 6. The maximum atomic E-state index is 15.9. The van der Waals surface area contributed by atoms with Gasteiger partial charge in [0, 0.05) is 35.3 Å². The van der Waals surface area contributed by atoms with Gasteiger partial charge in [-0.25, -0.2) is 8.42 Å². The minimum absolute atomic E-state index is 0.0819. The van der Waals surface area contributed by atoms with E-state index in [1.165, 1.54) is 0 Å². The van der Waals surface area contributed by atoms with Gasteiger partial charge in [-0.1, -0.05) is 92.5 Å². The normalized spacial score (nSPS) is 36.6. The second-order valence-electron chi connectivity index (χ2n) is 20.5. The van der Waals surface area contributed by atoms with E-state index in [0.717, 1.165) is 45.2 Å². The van der Waals surface area contributed by atoms with Gasteiger partial charge < -0.3 is 9.47 Å². The number of aryl methyl sites for hydroxylation is 1. The molecule has 0 N–H and O–H groups in total. The van der Waals surface area contributed by atoms with E-state index in [4.69, 9.17) is 9.47 Å². The molecule has 6 aliphatic rings. The lowest BCUT2D eigenvalue weighted by atomic mass is 9.47. The summed E-state index contributed by atoms with van der Waals surface area (Å²) in [5.41, 5.74) is 0.484. The predicted molar refractivity (Wildman–Crippen MR) is 229 cm³/mol. The summed E-state index contributed by atoms with van der Waals surface area (Å²) in [7, 11) is -5.06. The van der Waals surface area contributed by atoms with Crippen LogP contribution in [0.1, 0.15) is 96.1 Å². The van der Waals surface area contributed by atoms with Crippen LogP contribution in [0.25, 0.3) is 11.1 Å². The summed E-state index contributed by atoms with van der Waals surface area (Å²) in [5, 5.41) is 3.86. The number of alkyl halides is 5. The molecule has 3 aromatic rings. The Hall–Kier alpha value is -3.13. The van der Waals surface area contributed by atoms with Crippen molar-refractivity contribution in [3.8, 4) is 11.1 Å². The van der Waals surface area contributed by atoms with Crippen LogP contribution in [-0.2, 0) is 19.3 Å². The van der Waals surface area contributed by atoms with Crippen molar-refractivity contribution in [1.82, 2.24) is 0 Å². The molecule has 1 spiro atoms. The first-order valence-corrected chi connectivity index (χ1v) is 25.3. The van der Waals surface area contributed by atoms with E-state index in [-0.39, 0.29) is 37.0 Å². The molecule has 0 bridgehead atoms. The monoisotopic (exact) mass is 885 g/mol. The molecule has 4 aliphatic carbocycles. The fourth-order valence-electron chi connectivity index (χ4n) is 12.4. The van der Waals surface area contributed by atoms with Crippen molar-refractivity contribution in [3.05, 3.63) is 100.0 Å². The minimum atomic E-state index is -5.70. The number of benzene rings is 3. The molecule has 2 aliphatic heterocycles. The number of halogens is 5.